The van der Waals surface area contributed by atoms with E-state index in [2.05, 4.69) is 9.97 Å². The average molecular weight is 251 g/mol. The van der Waals surface area contributed by atoms with E-state index in [0.717, 1.165) is 5.69 Å². The van der Waals surface area contributed by atoms with Crippen LogP contribution in [0.4, 0.5) is 5.95 Å². The topological polar surface area (TPSA) is 64.5 Å². The number of hydrogen-bond acceptors (Lipinski definition) is 6. The summed E-state index contributed by atoms with van der Waals surface area (Å²) in [7, 11) is 1.36. The first-order chi connectivity index (χ1) is 8.60. The second-order valence-electron chi connectivity index (χ2n) is 4.36. The summed E-state index contributed by atoms with van der Waals surface area (Å²) in [6.07, 6.45) is 1.07. The molecule has 1 aliphatic heterocycles. The molecule has 6 heteroatoms. The average Bonchev–Trinajstić information content (AvgIpc) is 2.37. The van der Waals surface area contributed by atoms with E-state index < -0.39 is 6.10 Å². The number of nitrogens with zero attached hydrogens (tertiary/aromatic N) is 3. The number of carbonyl (C=O) groups excluding carboxylic acids is 1. The van der Waals surface area contributed by atoms with Crippen molar-refractivity contribution < 1.29 is 14.3 Å². The Bertz CT molecular complexity index is 438. The molecule has 1 fully saturated rings. The minimum Gasteiger partial charge on any atom is -0.467 e. The van der Waals surface area contributed by atoms with Crippen molar-refractivity contribution in [3.8, 4) is 0 Å². The van der Waals surface area contributed by atoms with Crippen LogP contribution in [0, 0.1) is 6.92 Å². The Morgan fingerprint density at radius 1 is 1.56 bits per heavy atom. The SMILES string of the molecule is COC(=O)C1CN(c2nccc(C)n2)C[C@H](C)O1. The zero-order chi connectivity index (χ0) is 13.1. The van der Waals surface area contributed by atoms with E-state index in [0.29, 0.717) is 19.0 Å². The predicted molar refractivity (Wildman–Crippen MR) is 65.3 cm³/mol. The van der Waals surface area contributed by atoms with Gasteiger partial charge in [-0.05, 0) is 19.9 Å². The van der Waals surface area contributed by atoms with Crippen LogP contribution in [-0.2, 0) is 14.3 Å². The van der Waals surface area contributed by atoms with Gasteiger partial charge in [0.25, 0.3) is 0 Å². The van der Waals surface area contributed by atoms with Crippen molar-refractivity contribution in [2.24, 2.45) is 0 Å². The fraction of sp³-hybridized carbons (Fsp3) is 0.583. The van der Waals surface area contributed by atoms with Crippen molar-refractivity contribution in [1.82, 2.24) is 9.97 Å². The van der Waals surface area contributed by atoms with Crippen molar-refractivity contribution in [1.29, 1.82) is 0 Å². The maximum atomic E-state index is 11.5. The molecular weight excluding hydrogens is 234 g/mol. The molecule has 0 spiro atoms. The second-order valence-corrected chi connectivity index (χ2v) is 4.36. The maximum absolute atomic E-state index is 11.5. The molecule has 0 bridgehead atoms. The van der Waals surface area contributed by atoms with E-state index in [-0.39, 0.29) is 12.1 Å². The Morgan fingerprint density at radius 2 is 2.33 bits per heavy atom. The van der Waals surface area contributed by atoms with Crippen LogP contribution >= 0.6 is 0 Å². The standard InChI is InChI=1S/C12H17N3O3/c1-8-4-5-13-12(14-8)15-6-9(2)18-10(7-15)11(16)17-3/h4-5,9-10H,6-7H2,1-3H3/t9-,10?/m0/s1. The number of ether oxygens (including phenoxy) is 2. The Balaban J connectivity index is 2.15. The number of methoxy groups -OCH3 is 1. The van der Waals surface area contributed by atoms with Crippen LogP contribution in [0.1, 0.15) is 12.6 Å². The van der Waals surface area contributed by atoms with Crippen LogP contribution < -0.4 is 4.90 Å². The highest BCUT2D eigenvalue weighted by molar-refractivity contribution is 5.75. The number of rotatable bonds is 2. The zero-order valence-electron chi connectivity index (χ0n) is 10.8. The Hall–Kier alpha value is -1.69. The molecule has 98 valence electrons. The molecule has 1 aromatic heterocycles. The van der Waals surface area contributed by atoms with Crippen molar-refractivity contribution >= 4 is 11.9 Å². The highest BCUT2D eigenvalue weighted by atomic mass is 16.6. The molecule has 0 aliphatic carbocycles. The molecule has 0 saturated carbocycles. The number of esters is 1. The molecular formula is C12H17N3O3. The predicted octanol–water partition coefficient (Wildman–Crippen LogP) is 0.552. The molecule has 1 aliphatic rings. The summed E-state index contributed by atoms with van der Waals surface area (Å²) < 4.78 is 10.3. The first kappa shape index (κ1) is 12.8. The van der Waals surface area contributed by atoms with E-state index >= 15 is 0 Å². The van der Waals surface area contributed by atoms with Gasteiger partial charge < -0.3 is 14.4 Å². The fourth-order valence-electron chi connectivity index (χ4n) is 1.96. The number of anilines is 1. The summed E-state index contributed by atoms with van der Waals surface area (Å²) in [6.45, 7) is 4.90. The molecule has 18 heavy (non-hydrogen) atoms. The molecule has 1 saturated heterocycles. The number of aryl methyl sites for hydroxylation is 1. The van der Waals surface area contributed by atoms with Crippen molar-refractivity contribution in [2.45, 2.75) is 26.1 Å². The minimum atomic E-state index is -0.581. The lowest BCUT2D eigenvalue weighted by Gasteiger charge is -2.35. The van der Waals surface area contributed by atoms with Gasteiger partial charge in [0.15, 0.2) is 6.10 Å². The summed E-state index contributed by atoms with van der Waals surface area (Å²) in [5.41, 5.74) is 0.897. The Morgan fingerprint density at radius 3 is 3.00 bits per heavy atom. The molecule has 0 radical (unpaired) electrons. The van der Waals surface area contributed by atoms with Gasteiger partial charge in [-0.25, -0.2) is 14.8 Å². The van der Waals surface area contributed by atoms with Crippen LogP contribution in [0.15, 0.2) is 12.3 Å². The third kappa shape index (κ3) is 2.76. The number of aromatic nitrogens is 2. The largest absolute Gasteiger partial charge is 0.467 e. The lowest BCUT2D eigenvalue weighted by Crippen LogP contribution is -2.50. The van der Waals surface area contributed by atoms with Crippen molar-refractivity contribution in [3.05, 3.63) is 18.0 Å². The molecule has 2 heterocycles. The van der Waals surface area contributed by atoms with Gasteiger partial charge in [0, 0.05) is 18.4 Å². The van der Waals surface area contributed by atoms with Gasteiger partial charge >= 0.3 is 5.97 Å². The zero-order valence-corrected chi connectivity index (χ0v) is 10.8. The van der Waals surface area contributed by atoms with Gasteiger partial charge in [-0.1, -0.05) is 0 Å². The second kappa shape index (κ2) is 5.30. The third-order valence-corrected chi connectivity index (χ3v) is 2.79. The van der Waals surface area contributed by atoms with E-state index in [9.17, 15) is 4.79 Å². The van der Waals surface area contributed by atoms with Crippen molar-refractivity contribution in [3.63, 3.8) is 0 Å². The quantitative estimate of drug-likeness (QED) is 0.715. The maximum Gasteiger partial charge on any atom is 0.336 e. The Labute approximate surface area is 106 Å². The summed E-state index contributed by atoms with van der Waals surface area (Å²) in [5.74, 6) is 0.262. The molecule has 2 atom stereocenters. The van der Waals surface area contributed by atoms with Gasteiger partial charge in [-0.3, -0.25) is 0 Å². The molecule has 0 aromatic carbocycles. The first-order valence-corrected chi connectivity index (χ1v) is 5.88. The molecule has 1 unspecified atom stereocenters. The number of morpholine rings is 1. The van der Waals surface area contributed by atoms with Crippen LogP contribution in [0.25, 0.3) is 0 Å². The molecule has 0 amide bonds. The smallest absolute Gasteiger partial charge is 0.336 e. The number of carbonyl (C=O) groups is 1. The normalized spacial score (nSPS) is 23.8. The lowest BCUT2D eigenvalue weighted by atomic mass is 10.2. The van der Waals surface area contributed by atoms with E-state index in [4.69, 9.17) is 9.47 Å². The fourth-order valence-corrected chi connectivity index (χ4v) is 1.96. The van der Waals surface area contributed by atoms with E-state index in [1.165, 1.54) is 7.11 Å². The summed E-state index contributed by atoms with van der Waals surface area (Å²) in [6, 6.07) is 1.84. The van der Waals surface area contributed by atoms with Gasteiger partial charge in [-0.2, -0.15) is 0 Å². The minimum absolute atomic E-state index is 0.0630. The summed E-state index contributed by atoms with van der Waals surface area (Å²) in [5, 5.41) is 0. The molecule has 2 rings (SSSR count). The van der Waals surface area contributed by atoms with Crippen molar-refractivity contribution in [2.75, 3.05) is 25.1 Å². The van der Waals surface area contributed by atoms with E-state index in [1.807, 2.05) is 24.8 Å². The first-order valence-electron chi connectivity index (χ1n) is 5.88. The van der Waals surface area contributed by atoms with Gasteiger partial charge in [0.2, 0.25) is 5.95 Å². The third-order valence-electron chi connectivity index (χ3n) is 2.79. The van der Waals surface area contributed by atoms with Gasteiger partial charge in [-0.15, -0.1) is 0 Å². The van der Waals surface area contributed by atoms with Crippen LogP contribution in [0.3, 0.4) is 0 Å². The molecule has 6 nitrogen and oxygen atoms in total. The monoisotopic (exact) mass is 251 g/mol. The van der Waals surface area contributed by atoms with E-state index in [1.54, 1.807) is 6.20 Å². The highest BCUT2D eigenvalue weighted by Crippen LogP contribution is 2.17. The van der Waals surface area contributed by atoms with Gasteiger partial charge in [0.1, 0.15) is 0 Å². The summed E-state index contributed by atoms with van der Waals surface area (Å²) in [4.78, 5) is 22.1. The molecule has 1 aromatic rings. The van der Waals surface area contributed by atoms with Gasteiger partial charge in [0.05, 0.1) is 19.8 Å². The molecule has 0 N–H and O–H groups in total. The summed E-state index contributed by atoms with van der Waals surface area (Å²) >= 11 is 0. The van der Waals surface area contributed by atoms with Crippen LogP contribution in [0.5, 0.6) is 0 Å². The highest BCUT2D eigenvalue weighted by Gasteiger charge is 2.32. The van der Waals surface area contributed by atoms with Crippen LogP contribution in [-0.4, -0.2) is 48.3 Å². The Kier molecular flexibility index (Phi) is 3.76. The van der Waals surface area contributed by atoms with Crippen LogP contribution in [0.2, 0.25) is 0 Å². The lowest BCUT2D eigenvalue weighted by molar-refractivity contribution is -0.158. The number of hydrogen-bond donors (Lipinski definition) is 0.